The molecular weight excluding hydrogens is 713 g/mol. The SMILES string of the molecule is c1ccc(-c2cc(-c3ccccc3)nc(-c3cc(-n4c5ccccc5c5ccccc54)c4c(sc5ccccc54)c3-n3c4ccccc4c4ccccc43)n2)cc1. The molecule has 0 N–H and O–H groups in total. The number of nitrogens with zero attached hydrogens (tertiary/aromatic N) is 4. The summed E-state index contributed by atoms with van der Waals surface area (Å²) in [5, 5.41) is 7.31. The summed E-state index contributed by atoms with van der Waals surface area (Å²) in [6.07, 6.45) is 0. The lowest BCUT2D eigenvalue weighted by Gasteiger charge is -2.19. The molecule has 8 aromatic carbocycles. The minimum Gasteiger partial charge on any atom is -0.309 e. The van der Waals surface area contributed by atoms with Gasteiger partial charge in [0.05, 0.1) is 49.5 Å². The highest BCUT2D eigenvalue weighted by molar-refractivity contribution is 7.26. The standard InChI is InChI=1S/C52H32N4S/c1-3-17-33(18-4-1)41-32-42(34-19-5-2-6-20-34)54-52(53-41)40-31-47(55-43-26-12-7-21-35(43)36-22-8-13-27-44(36)55)49-39-25-11-16-30-48(39)57-51(49)50(40)56-45-28-14-9-23-37(45)38-24-10-15-29-46(38)56/h1-32H. The maximum absolute atomic E-state index is 5.51. The normalized spacial score (nSPS) is 11.9. The molecule has 0 radical (unpaired) electrons. The topological polar surface area (TPSA) is 35.6 Å². The number of fused-ring (bicyclic) bond motifs is 9. The van der Waals surface area contributed by atoms with Crippen molar-refractivity contribution in [2.45, 2.75) is 0 Å². The van der Waals surface area contributed by atoms with Crippen molar-refractivity contribution in [3.63, 3.8) is 0 Å². The Morgan fingerprint density at radius 1 is 0.386 bits per heavy atom. The number of thiophene rings is 1. The molecule has 4 nitrogen and oxygen atoms in total. The second kappa shape index (κ2) is 12.6. The minimum absolute atomic E-state index is 0.674. The summed E-state index contributed by atoms with van der Waals surface area (Å²) in [5.74, 6) is 0.674. The third-order valence-corrected chi connectivity index (χ3v) is 12.5. The molecule has 0 unspecified atom stereocenters. The molecule has 0 fully saturated rings. The molecule has 12 aromatic rings. The summed E-state index contributed by atoms with van der Waals surface area (Å²) in [4.78, 5) is 11.0. The first kappa shape index (κ1) is 32.0. The van der Waals surface area contributed by atoms with Gasteiger partial charge < -0.3 is 9.13 Å². The van der Waals surface area contributed by atoms with Crippen LogP contribution < -0.4 is 0 Å². The van der Waals surface area contributed by atoms with E-state index < -0.39 is 0 Å². The molecule has 0 aliphatic carbocycles. The first-order chi connectivity index (χ1) is 28.3. The zero-order valence-electron chi connectivity index (χ0n) is 30.7. The molecule has 0 saturated heterocycles. The lowest BCUT2D eigenvalue weighted by Crippen LogP contribution is -2.05. The molecular formula is C52H32N4S. The molecule has 12 rings (SSSR count). The van der Waals surface area contributed by atoms with Crippen molar-refractivity contribution in [1.29, 1.82) is 0 Å². The highest BCUT2D eigenvalue weighted by Gasteiger charge is 2.27. The molecule has 0 aliphatic rings. The van der Waals surface area contributed by atoms with Crippen LogP contribution in [0.5, 0.6) is 0 Å². The maximum Gasteiger partial charge on any atom is 0.162 e. The molecule has 0 atom stereocenters. The minimum atomic E-state index is 0.674. The fraction of sp³-hybridized carbons (Fsp3) is 0. The van der Waals surface area contributed by atoms with Crippen LogP contribution in [0.1, 0.15) is 0 Å². The molecule has 0 bridgehead atoms. The predicted octanol–water partition coefficient (Wildman–Crippen LogP) is 14.0. The van der Waals surface area contributed by atoms with Gasteiger partial charge in [0.2, 0.25) is 0 Å². The second-order valence-corrected chi connectivity index (χ2v) is 15.6. The summed E-state index contributed by atoms with van der Waals surface area (Å²) in [7, 11) is 0. The van der Waals surface area contributed by atoms with Crippen molar-refractivity contribution in [1.82, 2.24) is 19.1 Å². The van der Waals surface area contributed by atoms with Crippen molar-refractivity contribution in [2.24, 2.45) is 0 Å². The van der Waals surface area contributed by atoms with Gasteiger partial charge in [-0.2, -0.15) is 0 Å². The van der Waals surface area contributed by atoms with E-state index in [0.717, 1.165) is 61.5 Å². The lowest BCUT2D eigenvalue weighted by atomic mass is 10.0. The quantitative estimate of drug-likeness (QED) is 0.176. The van der Waals surface area contributed by atoms with Crippen LogP contribution in [0.2, 0.25) is 0 Å². The average molecular weight is 745 g/mol. The fourth-order valence-corrected chi connectivity index (χ4v) is 10.1. The van der Waals surface area contributed by atoms with E-state index in [4.69, 9.17) is 9.97 Å². The van der Waals surface area contributed by atoms with Gasteiger partial charge in [-0.3, -0.25) is 0 Å². The summed E-state index contributed by atoms with van der Waals surface area (Å²) in [5.41, 5.74) is 11.6. The first-order valence-corrected chi connectivity index (χ1v) is 20.1. The monoisotopic (exact) mass is 744 g/mol. The van der Waals surface area contributed by atoms with E-state index in [9.17, 15) is 0 Å². The Morgan fingerprint density at radius 2 is 0.807 bits per heavy atom. The molecule has 266 valence electrons. The van der Waals surface area contributed by atoms with Crippen LogP contribution in [0, 0.1) is 0 Å². The van der Waals surface area contributed by atoms with E-state index in [1.54, 1.807) is 0 Å². The number of hydrogen-bond acceptors (Lipinski definition) is 3. The maximum atomic E-state index is 5.51. The highest BCUT2D eigenvalue weighted by atomic mass is 32.1. The molecule has 0 spiro atoms. The van der Waals surface area contributed by atoms with Crippen molar-refractivity contribution in [3.05, 3.63) is 194 Å². The smallest absolute Gasteiger partial charge is 0.162 e. The van der Waals surface area contributed by atoms with Crippen LogP contribution in [0.25, 0.3) is 109 Å². The number of para-hydroxylation sites is 4. The number of aromatic nitrogens is 4. The van der Waals surface area contributed by atoms with Gasteiger partial charge in [0.25, 0.3) is 0 Å². The largest absolute Gasteiger partial charge is 0.309 e. The average Bonchev–Trinajstić information content (AvgIpc) is 3.95. The van der Waals surface area contributed by atoms with Crippen LogP contribution in [0.4, 0.5) is 0 Å². The van der Waals surface area contributed by atoms with E-state index in [-0.39, 0.29) is 0 Å². The van der Waals surface area contributed by atoms with Gasteiger partial charge in [-0.15, -0.1) is 11.3 Å². The van der Waals surface area contributed by atoms with Gasteiger partial charge in [0, 0.05) is 53.7 Å². The Morgan fingerprint density at radius 3 is 1.32 bits per heavy atom. The highest BCUT2D eigenvalue weighted by Crippen LogP contribution is 2.49. The molecule has 0 aliphatic heterocycles. The second-order valence-electron chi connectivity index (χ2n) is 14.5. The van der Waals surface area contributed by atoms with Gasteiger partial charge in [-0.25, -0.2) is 9.97 Å². The Labute approximate surface area is 332 Å². The molecule has 5 heteroatoms. The van der Waals surface area contributed by atoms with Crippen molar-refractivity contribution < 1.29 is 0 Å². The van der Waals surface area contributed by atoms with Crippen LogP contribution in [0.15, 0.2) is 194 Å². The summed E-state index contributed by atoms with van der Waals surface area (Å²) >= 11 is 1.85. The van der Waals surface area contributed by atoms with E-state index in [1.165, 1.54) is 41.7 Å². The lowest BCUT2D eigenvalue weighted by molar-refractivity contribution is 1.14. The van der Waals surface area contributed by atoms with E-state index in [1.807, 2.05) is 11.3 Å². The number of benzene rings is 8. The van der Waals surface area contributed by atoms with E-state index in [2.05, 4.69) is 203 Å². The van der Waals surface area contributed by atoms with Gasteiger partial charge in [-0.05, 0) is 42.5 Å². The fourth-order valence-electron chi connectivity index (χ4n) is 8.86. The summed E-state index contributed by atoms with van der Waals surface area (Å²) in [6.45, 7) is 0. The van der Waals surface area contributed by atoms with Crippen molar-refractivity contribution >= 4 is 75.1 Å². The zero-order valence-corrected chi connectivity index (χ0v) is 31.5. The number of rotatable bonds is 5. The van der Waals surface area contributed by atoms with E-state index >= 15 is 0 Å². The zero-order chi connectivity index (χ0) is 37.5. The third-order valence-electron chi connectivity index (χ3n) is 11.3. The van der Waals surface area contributed by atoms with Gasteiger partial charge >= 0.3 is 0 Å². The van der Waals surface area contributed by atoms with Gasteiger partial charge in [0.1, 0.15) is 0 Å². The summed E-state index contributed by atoms with van der Waals surface area (Å²) < 4.78 is 7.35. The van der Waals surface area contributed by atoms with Crippen molar-refractivity contribution in [3.8, 4) is 45.3 Å². The van der Waals surface area contributed by atoms with Crippen LogP contribution in [-0.2, 0) is 0 Å². The molecule has 4 aromatic heterocycles. The van der Waals surface area contributed by atoms with Crippen LogP contribution in [0.3, 0.4) is 0 Å². The van der Waals surface area contributed by atoms with Gasteiger partial charge in [-0.1, -0.05) is 152 Å². The summed E-state index contributed by atoms with van der Waals surface area (Å²) in [6, 6.07) is 69.4. The molecule has 57 heavy (non-hydrogen) atoms. The van der Waals surface area contributed by atoms with Crippen LogP contribution >= 0.6 is 11.3 Å². The van der Waals surface area contributed by atoms with Crippen molar-refractivity contribution in [2.75, 3.05) is 0 Å². The van der Waals surface area contributed by atoms with Crippen LogP contribution in [-0.4, -0.2) is 19.1 Å². The van der Waals surface area contributed by atoms with E-state index in [0.29, 0.717) is 5.82 Å². The van der Waals surface area contributed by atoms with Gasteiger partial charge in [0.15, 0.2) is 5.82 Å². The Hall–Kier alpha value is -7.34. The third kappa shape index (κ3) is 4.86. The predicted molar refractivity (Wildman–Crippen MR) is 240 cm³/mol. The molecule has 4 heterocycles. The number of hydrogen-bond donors (Lipinski definition) is 0. The molecule has 0 saturated carbocycles. The Kier molecular flexibility index (Phi) is 7.06. The Bertz CT molecular complexity index is 3360. The molecule has 0 amide bonds. The Balaban J connectivity index is 1.31. The first-order valence-electron chi connectivity index (χ1n) is 19.3.